The zero-order chi connectivity index (χ0) is 28.8. The van der Waals surface area contributed by atoms with Crippen molar-refractivity contribution in [2.45, 2.75) is 26.8 Å². The van der Waals surface area contributed by atoms with Crippen molar-refractivity contribution in [3.05, 3.63) is 83.3 Å². The molecule has 0 radical (unpaired) electrons. The molecule has 1 unspecified atom stereocenters. The maximum Gasteiger partial charge on any atom is 0.301 e. The number of hydrogen-bond acceptors (Lipinski definition) is 9. The van der Waals surface area contributed by atoms with E-state index in [-0.39, 0.29) is 34.6 Å². The lowest BCUT2D eigenvalue weighted by molar-refractivity contribution is -0.132. The number of ether oxygens (including phenoxy) is 2. The summed E-state index contributed by atoms with van der Waals surface area (Å²) in [4.78, 5) is 37.9. The third kappa shape index (κ3) is 4.34. The fourth-order valence-corrected chi connectivity index (χ4v) is 6.12. The molecule has 0 saturated carbocycles. The highest BCUT2D eigenvalue weighted by atomic mass is 32.1. The number of rotatable bonds is 7. The van der Waals surface area contributed by atoms with E-state index in [1.165, 1.54) is 22.3 Å². The number of carbonyl (C=O) groups excluding carboxylic acids is 2. The van der Waals surface area contributed by atoms with Gasteiger partial charge in [-0.1, -0.05) is 23.5 Å². The number of phenols is 1. The number of carbonyl (C=O) groups is 2. The number of Topliss-reactive ketones (excluding diaryl/α,β-unsaturated/α-hetero) is 1. The van der Waals surface area contributed by atoms with Crippen LogP contribution < -0.4 is 14.4 Å². The van der Waals surface area contributed by atoms with Crippen molar-refractivity contribution in [3.63, 3.8) is 0 Å². The van der Waals surface area contributed by atoms with Crippen LogP contribution in [-0.2, 0) is 9.59 Å². The van der Waals surface area contributed by atoms with Gasteiger partial charge in [-0.15, -0.1) is 0 Å². The molecule has 0 spiro atoms. The molecule has 2 N–H and O–H groups in total. The Morgan fingerprint density at radius 1 is 1.02 bits per heavy atom. The van der Waals surface area contributed by atoms with Gasteiger partial charge < -0.3 is 19.7 Å². The predicted octanol–water partition coefficient (Wildman–Crippen LogP) is 5.38. The number of hydrogen-bond donors (Lipinski definition) is 2. The van der Waals surface area contributed by atoms with Gasteiger partial charge in [0.1, 0.15) is 17.1 Å². The highest BCUT2D eigenvalue weighted by Gasteiger charge is 2.49. The largest absolute Gasteiger partial charge is 0.505 e. The fourth-order valence-electron chi connectivity index (χ4n) is 5.10. The van der Waals surface area contributed by atoms with Crippen molar-refractivity contribution < 1.29 is 29.3 Å². The standard InChI is InChI=1S/C30H26N4O6S/c1-4-39-18-10-11-19-22(15-18)41-30(32-19)34-26(17-9-12-20(35)21(14-17)40-5-2)24(28(37)29(34)38)27(36)25-16(3)31-23-8-6-7-13-33(23)25/h6-15,26,35-36H,4-5H2,1-3H3. The van der Waals surface area contributed by atoms with Gasteiger partial charge in [0.15, 0.2) is 22.4 Å². The number of aliphatic hydroxyl groups is 1. The molecule has 10 nitrogen and oxygen atoms in total. The van der Waals surface area contributed by atoms with E-state index in [0.29, 0.717) is 40.5 Å². The molecule has 5 aromatic rings. The van der Waals surface area contributed by atoms with E-state index in [1.54, 1.807) is 60.8 Å². The fraction of sp³-hybridized carbons (Fsp3) is 0.200. The van der Waals surface area contributed by atoms with Crippen LogP contribution in [0.2, 0.25) is 0 Å². The van der Waals surface area contributed by atoms with E-state index >= 15 is 0 Å². The Morgan fingerprint density at radius 3 is 2.61 bits per heavy atom. The lowest BCUT2D eigenvalue weighted by atomic mass is 9.96. The second kappa shape index (κ2) is 10.3. The Morgan fingerprint density at radius 2 is 1.83 bits per heavy atom. The molecule has 1 fully saturated rings. The molecule has 1 amide bonds. The number of thiazole rings is 1. The van der Waals surface area contributed by atoms with E-state index in [2.05, 4.69) is 9.97 Å². The summed E-state index contributed by atoms with van der Waals surface area (Å²) in [5.74, 6) is -1.30. The predicted molar refractivity (Wildman–Crippen MR) is 155 cm³/mol. The molecule has 1 atom stereocenters. The molecule has 4 heterocycles. The average molecular weight is 571 g/mol. The minimum absolute atomic E-state index is 0.0892. The van der Waals surface area contributed by atoms with E-state index in [4.69, 9.17) is 9.47 Å². The summed E-state index contributed by atoms with van der Waals surface area (Å²) in [6, 6.07) is 14.3. The summed E-state index contributed by atoms with van der Waals surface area (Å²) in [5, 5.41) is 22.4. The quantitative estimate of drug-likeness (QED) is 0.152. The SMILES string of the molecule is CCOc1ccc2nc(N3C(=O)C(=O)C(=C(O)c4c(C)nc5ccccn45)C3c3ccc(O)c(OCC)c3)sc2c1. The van der Waals surface area contributed by atoms with Crippen LogP contribution in [0.25, 0.3) is 21.6 Å². The van der Waals surface area contributed by atoms with Gasteiger partial charge in [-0.2, -0.15) is 0 Å². The van der Waals surface area contributed by atoms with Gasteiger partial charge in [0.2, 0.25) is 0 Å². The van der Waals surface area contributed by atoms with Crippen LogP contribution >= 0.6 is 11.3 Å². The summed E-state index contributed by atoms with van der Waals surface area (Å²) in [6.07, 6.45) is 1.73. The number of anilines is 1. The summed E-state index contributed by atoms with van der Waals surface area (Å²) in [6.45, 7) is 6.19. The molecule has 1 saturated heterocycles. The van der Waals surface area contributed by atoms with Crippen molar-refractivity contribution >= 4 is 49.8 Å². The van der Waals surface area contributed by atoms with Crippen molar-refractivity contribution in [1.82, 2.24) is 14.4 Å². The smallest absolute Gasteiger partial charge is 0.301 e. The highest BCUT2D eigenvalue weighted by Crippen LogP contribution is 2.46. The Bertz CT molecular complexity index is 1870. The molecule has 41 heavy (non-hydrogen) atoms. The molecular formula is C30H26N4O6S. The molecule has 11 heteroatoms. The molecule has 3 aromatic heterocycles. The molecule has 1 aliphatic heterocycles. The van der Waals surface area contributed by atoms with Crippen LogP contribution in [0.5, 0.6) is 17.2 Å². The summed E-state index contributed by atoms with van der Waals surface area (Å²) < 4.78 is 13.7. The Labute approximate surface area is 238 Å². The molecular weight excluding hydrogens is 544 g/mol. The number of pyridine rings is 1. The Balaban J connectivity index is 1.59. The first-order chi connectivity index (χ1) is 19.8. The van der Waals surface area contributed by atoms with E-state index < -0.39 is 17.7 Å². The normalized spacial score (nSPS) is 16.7. The number of fused-ring (bicyclic) bond motifs is 2. The number of imidazole rings is 1. The van der Waals surface area contributed by atoms with Crippen molar-refractivity contribution in [3.8, 4) is 17.2 Å². The summed E-state index contributed by atoms with van der Waals surface area (Å²) >= 11 is 1.23. The number of aromatic nitrogens is 3. The first-order valence-corrected chi connectivity index (χ1v) is 13.9. The first-order valence-electron chi connectivity index (χ1n) is 13.1. The summed E-state index contributed by atoms with van der Waals surface area (Å²) in [7, 11) is 0. The third-order valence-electron chi connectivity index (χ3n) is 6.84. The number of nitrogens with zero attached hydrogens (tertiary/aromatic N) is 4. The van der Waals surface area contributed by atoms with Gasteiger partial charge >= 0.3 is 5.91 Å². The van der Waals surface area contributed by atoms with Gasteiger partial charge in [0, 0.05) is 6.20 Å². The number of aryl methyl sites for hydroxylation is 1. The lowest BCUT2D eigenvalue weighted by Crippen LogP contribution is -2.29. The number of amides is 1. The number of aliphatic hydroxyl groups excluding tert-OH is 1. The average Bonchev–Trinajstić information content (AvgIpc) is 3.60. The number of benzene rings is 2. The molecule has 0 bridgehead atoms. The minimum Gasteiger partial charge on any atom is -0.505 e. The third-order valence-corrected chi connectivity index (χ3v) is 7.86. The molecule has 208 valence electrons. The molecule has 2 aromatic carbocycles. The minimum atomic E-state index is -1.06. The van der Waals surface area contributed by atoms with Crippen LogP contribution in [-0.4, -0.2) is 49.5 Å². The highest BCUT2D eigenvalue weighted by molar-refractivity contribution is 7.22. The van der Waals surface area contributed by atoms with E-state index in [9.17, 15) is 19.8 Å². The monoisotopic (exact) mass is 570 g/mol. The van der Waals surface area contributed by atoms with Gasteiger partial charge in [0.05, 0.1) is 40.7 Å². The Hall–Kier alpha value is -4.90. The number of ketones is 1. The zero-order valence-corrected chi connectivity index (χ0v) is 23.3. The van der Waals surface area contributed by atoms with Crippen molar-refractivity contribution in [2.24, 2.45) is 0 Å². The molecule has 1 aliphatic rings. The lowest BCUT2D eigenvalue weighted by Gasteiger charge is -2.23. The van der Waals surface area contributed by atoms with Gasteiger partial charge in [-0.05, 0) is 68.8 Å². The molecule has 0 aliphatic carbocycles. The summed E-state index contributed by atoms with van der Waals surface area (Å²) in [5.41, 5.74) is 2.34. The maximum atomic E-state index is 13.7. The number of phenolic OH excluding ortho intramolecular Hbond substituents is 1. The van der Waals surface area contributed by atoms with Gasteiger partial charge in [-0.3, -0.25) is 18.9 Å². The number of aromatic hydroxyl groups is 1. The molecule has 6 rings (SSSR count). The van der Waals surface area contributed by atoms with Crippen LogP contribution in [0.1, 0.15) is 36.8 Å². The second-order valence-corrected chi connectivity index (χ2v) is 10.4. The van der Waals surface area contributed by atoms with Crippen LogP contribution in [0.3, 0.4) is 0 Å². The van der Waals surface area contributed by atoms with E-state index in [0.717, 1.165) is 4.70 Å². The zero-order valence-electron chi connectivity index (χ0n) is 22.5. The van der Waals surface area contributed by atoms with Crippen molar-refractivity contribution in [1.29, 1.82) is 0 Å². The Kier molecular flexibility index (Phi) is 6.58. The first kappa shape index (κ1) is 26.3. The van der Waals surface area contributed by atoms with E-state index in [1.807, 2.05) is 19.1 Å². The maximum absolute atomic E-state index is 13.7. The second-order valence-electron chi connectivity index (χ2n) is 9.36. The van der Waals surface area contributed by atoms with Gasteiger partial charge in [0.25, 0.3) is 5.78 Å². The van der Waals surface area contributed by atoms with Crippen LogP contribution in [0.4, 0.5) is 5.13 Å². The van der Waals surface area contributed by atoms with Crippen LogP contribution in [0, 0.1) is 6.92 Å². The van der Waals surface area contributed by atoms with Crippen LogP contribution in [0.15, 0.2) is 66.4 Å². The van der Waals surface area contributed by atoms with Crippen molar-refractivity contribution in [2.75, 3.05) is 18.1 Å². The topological polar surface area (TPSA) is 126 Å². The van der Waals surface area contributed by atoms with Gasteiger partial charge in [-0.25, -0.2) is 9.97 Å².